The smallest absolute Gasteiger partial charge is 0.114 e. The maximum Gasteiger partial charge on any atom is 0.203 e. The van der Waals surface area contributed by atoms with E-state index < -0.39 is 8.80 Å². The van der Waals surface area contributed by atoms with Crippen molar-refractivity contribution in [3.63, 3.8) is 0 Å². The number of benzene rings is 2. The van der Waals surface area contributed by atoms with Crippen molar-refractivity contribution in [2.75, 3.05) is 0 Å². The van der Waals surface area contributed by atoms with Gasteiger partial charge in [-0.1, -0.05) is 80.8 Å². The van der Waals surface area contributed by atoms with Crippen molar-refractivity contribution in [1.29, 1.82) is 0 Å². The molecule has 0 aliphatic heterocycles. The van der Waals surface area contributed by atoms with Crippen molar-refractivity contribution in [3.05, 3.63) is 71.8 Å². The monoisotopic (exact) mass is 316 g/mol. The van der Waals surface area contributed by atoms with Gasteiger partial charge in [0.15, 0.2) is 0 Å². The fourth-order valence-corrected chi connectivity index (χ4v) is 4.08. The van der Waals surface area contributed by atoms with Crippen molar-refractivity contribution >= 4 is 8.80 Å². The van der Waals surface area contributed by atoms with E-state index in [0.717, 1.165) is 11.1 Å². The topological polar surface area (TPSA) is 0 Å². The van der Waals surface area contributed by atoms with Gasteiger partial charge in [-0.15, -0.1) is 11.1 Å². The summed E-state index contributed by atoms with van der Waals surface area (Å²) in [5.41, 5.74) is 9.19. The quantitative estimate of drug-likeness (QED) is 0.415. The molecule has 0 radical (unpaired) electrons. The molecule has 0 atom stereocenters. The van der Waals surface area contributed by atoms with Gasteiger partial charge in [0.2, 0.25) is 8.80 Å². The lowest BCUT2D eigenvalue weighted by atomic mass is 10.2. The molecule has 0 saturated carbocycles. The Labute approximate surface area is 142 Å². The van der Waals surface area contributed by atoms with Crippen LogP contribution in [0.2, 0.25) is 6.04 Å². The summed E-state index contributed by atoms with van der Waals surface area (Å²) in [7, 11) is -1.34. The van der Waals surface area contributed by atoms with Gasteiger partial charge in [0.1, 0.15) is 0 Å². The Morgan fingerprint density at radius 3 is 1.70 bits per heavy atom. The van der Waals surface area contributed by atoms with E-state index in [-0.39, 0.29) is 0 Å². The molecule has 0 aliphatic carbocycles. The van der Waals surface area contributed by atoms with Gasteiger partial charge in [0, 0.05) is 11.1 Å². The maximum atomic E-state index is 3.50. The van der Waals surface area contributed by atoms with Crippen LogP contribution in [0.15, 0.2) is 60.7 Å². The second kappa shape index (κ2) is 10.5. The molecule has 0 heterocycles. The first-order chi connectivity index (χ1) is 11.4. The highest BCUT2D eigenvalue weighted by atomic mass is 28.3. The highest BCUT2D eigenvalue weighted by Crippen LogP contribution is 2.06. The predicted octanol–water partition coefficient (Wildman–Crippen LogP) is 4.98. The highest BCUT2D eigenvalue weighted by molar-refractivity contribution is 6.75. The lowest BCUT2D eigenvalue weighted by molar-refractivity contribution is 0.700. The van der Waals surface area contributed by atoms with Crippen LogP contribution in [0.4, 0.5) is 0 Å². The molecule has 0 aliphatic rings. The van der Waals surface area contributed by atoms with Crippen LogP contribution in [0.5, 0.6) is 0 Å². The SMILES string of the molecule is CCCCCC[SiH](C#Cc1ccccc1)C#Cc1ccccc1. The first-order valence-corrected chi connectivity index (χ1v) is 10.5. The maximum absolute atomic E-state index is 3.50. The first kappa shape index (κ1) is 17.1. The van der Waals surface area contributed by atoms with Crippen molar-refractivity contribution in [2.45, 2.75) is 38.7 Å². The molecule has 116 valence electrons. The molecule has 2 aromatic carbocycles. The molecule has 0 amide bonds. The lowest BCUT2D eigenvalue weighted by Gasteiger charge is -2.01. The van der Waals surface area contributed by atoms with Crippen LogP contribution in [0, 0.1) is 22.9 Å². The van der Waals surface area contributed by atoms with E-state index in [1.165, 1.54) is 31.7 Å². The summed E-state index contributed by atoms with van der Waals surface area (Å²) in [4.78, 5) is 0. The first-order valence-electron chi connectivity index (χ1n) is 8.51. The Morgan fingerprint density at radius 1 is 0.696 bits per heavy atom. The minimum absolute atomic E-state index is 1.10. The average Bonchev–Trinajstić information content (AvgIpc) is 2.62. The molecule has 23 heavy (non-hydrogen) atoms. The second-order valence-electron chi connectivity index (χ2n) is 5.67. The fraction of sp³-hybridized carbons (Fsp3) is 0.273. The van der Waals surface area contributed by atoms with Crippen LogP contribution in [0.1, 0.15) is 43.7 Å². The normalized spacial score (nSPS) is 9.65. The van der Waals surface area contributed by atoms with Crippen molar-refractivity contribution in [2.24, 2.45) is 0 Å². The molecule has 2 rings (SSSR count). The summed E-state index contributed by atoms with van der Waals surface area (Å²) in [6.07, 6.45) is 5.16. The molecule has 0 nitrogen and oxygen atoms in total. The Kier molecular flexibility index (Phi) is 7.82. The van der Waals surface area contributed by atoms with Gasteiger partial charge in [-0.3, -0.25) is 0 Å². The molecule has 0 N–H and O–H groups in total. The molecule has 0 saturated heterocycles. The number of unbranched alkanes of at least 4 members (excludes halogenated alkanes) is 3. The minimum atomic E-state index is -1.34. The van der Waals surface area contributed by atoms with Gasteiger partial charge in [-0.25, -0.2) is 0 Å². The van der Waals surface area contributed by atoms with E-state index >= 15 is 0 Å². The number of hydrogen-bond acceptors (Lipinski definition) is 0. The molecule has 0 bridgehead atoms. The van der Waals surface area contributed by atoms with Crippen LogP contribution in [0.25, 0.3) is 0 Å². The van der Waals surface area contributed by atoms with Gasteiger partial charge in [-0.05, 0) is 30.3 Å². The minimum Gasteiger partial charge on any atom is -0.114 e. The Hall–Kier alpha value is -2.22. The third-order valence-corrected chi connectivity index (χ3v) is 5.65. The van der Waals surface area contributed by atoms with Crippen LogP contribution in [-0.4, -0.2) is 8.80 Å². The molecule has 2 aromatic rings. The third kappa shape index (κ3) is 7.05. The summed E-state index contributed by atoms with van der Waals surface area (Å²) in [5.74, 6) is 6.66. The summed E-state index contributed by atoms with van der Waals surface area (Å²) >= 11 is 0. The molecular formula is C22H24Si. The summed E-state index contributed by atoms with van der Waals surface area (Å²) < 4.78 is 0. The zero-order valence-electron chi connectivity index (χ0n) is 13.9. The molecule has 0 unspecified atom stereocenters. The summed E-state index contributed by atoms with van der Waals surface area (Å²) in [6, 6.07) is 21.7. The Bertz CT molecular complexity index is 623. The van der Waals surface area contributed by atoms with Crippen LogP contribution >= 0.6 is 0 Å². The van der Waals surface area contributed by atoms with Gasteiger partial charge in [0.25, 0.3) is 0 Å². The standard InChI is InChI=1S/C22H24Si/c1-2-3-4-11-18-23(19-16-21-12-7-5-8-13-21)20-17-22-14-9-6-10-15-22/h5-10,12-15,23H,2-4,11,18H2,1H3. The average molecular weight is 317 g/mol. The Morgan fingerprint density at radius 2 is 1.22 bits per heavy atom. The molecule has 1 heteroatoms. The van der Waals surface area contributed by atoms with Crippen LogP contribution in [-0.2, 0) is 0 Å². The van der Waals surface area contributed by atoms with E-state index in [2.05, 4.69) is 54.1 Å². The zero-order valence-corrected chi connectivity index (χ0v) is 15.0. The van der Waals surface area contributed by atoms with Crippen molar-refractivity contribution in [1.82, 2.24) is 0 Å². The third-order valence-electron chi connectivity index (χ3n) is 3.68. The van der Waals surface area contributed by atoms with E-state index in [1.54, 1.807) is 0 Å². The van der Waals surface area contributed by atoms with Gasteiger partial charge in [-0.2, -0.15) is 0 Å². The second-order valence-corrected chi connectivity index (χ2v) is 7.93. The molecule has 0 fully saturated rings. The van der Waals surface area contributed by atoms with Crippen molar-refractivity contribution in [3.8, 4) is 22.9 Å². The summed E-state index contributed by atoms with van der Waals surface area (Å²) in [5, 5.41) is 0. The van der Waals surface area contributed by atoms with Crippen LogP contribution in [0.3, 0.4) is 0 Å². The lowest BCUT2D eigenvalue weighted by Crippen LogP contribution is -2.07. The fourth-order valence-electron chi connectivity index (χ4n) is 2.34. The number of hydrogen-bond donors (Lipinski definition) is 0. The van der Waals surface area contributed by atoms with Crippen LogP contribution < -0.4 is 0 Å². The van der Waals surface area contributed by atoms with Crippen molar-refractivity contribution < 1.29 is 0 Å². The van der Waals surface area contributed by atoms with Gasteiger partial charge >= 0.3 is 0 Å². The molecular weight excluding hydrogens is 292 g/mol. The van der Waals surface area contributed by atoms with E-state index in [9.17, 15) is 0 Å². The highest BCUT2D eigenvalue weighted by Gasteiger charge is 2.03. The molecule has 0 spiro atoms. The van der Waals surface area contributed by atoms with Gasteiger partial charge in [0.05, 0.1) is 0 Å². The van der Waals surface area contributed by atoms with Gasteiger partial charge < -0.3 is 0 Å². The number of rotatable bonds is 5. The largest absolute Gasteiger partial charge is 0.203 e. The summed E-state index contributed by atoms with van der Waals surface area (Å²) in [6.45, 7) is 2.25. The zero-order chi connectivity index (χ0) is 16.2. The van der Waals surface area contributed by atoms with E-state index in [4.69, 9.17) is 0 Å². The Balaban J connectivity index is 2.06. The van der Waals surface area contributed by atoms with E-state index in [0.29, 0.717) is 0 Å². The van der Waals surface area contributed by atoms with E-state index in [1.807, 2.05) is 36.4 Å². The predicted molar refractivity (Wildman–Crippen MR) is 103 cm³/mol. The molecule has 0 aromatic heterocycles.